The minimum atomic E-state index is -0.858. The van der Waals surface area contributed by atoms with Crippen LogP contribution in [0.25, 0.3) is 0 Å². The molecule has 1 aromatic carbocycles. The fourth-order valence-corrected chi connectivity index (χ4v) is 3.35. The van der Waals surface area contributed by atoms with Crippen molar-refractivity contribution in [2.45, 2.75) is 26.2 Å². The summed E-state index contributed by atoms with van der Waals surface area (Å²) in [5.74, 6) is -1.67. The Bertz CT molecular complexity index is 518. The lowest BCUT2D eigenvalue weighted by Gasteiger charge is -2.16. The quantitative estimate of drug-likeness (QED) is 0.779. The smallest absolute Gasteiger partial charge is 0.307 e. The number of carboxylic acid groups (broad SMARTS) is 1. The molecule has 0 bridgehead atoms. The van der Waals surface area contributed by atoms with Crippen LogP contribution in [0.1, 0.15) is 26.2 Å². The number of carbonyl (C=O) groups excluding carboxylic acids is 1. The molecule has 0 aliphatic heterocycles. The number of nitrogens with one attached hydrogen (secondary N) is 1. The highest BCUT2D eigenvalue weighted by atomic mass is 127. The first kappa shape index (κ1) is 15.3. The summed E-state index contributed by atoms with van der Waals surface area (Å²) < 4.78 is 0.954. The number of hydrogen-bond donors (Lipinski definition) is 2. The Balaban J connectivity index is 2.11. The summed E-state index contributed by atoms with van der Waals surface area (Å²) in [7, 11) is 0. The molecule has 20 heavy (non-hydrogen) atoms. The number of aliphatic carboxylic acids is 1. The average Bonchev–Trinajstić information content (AvgIpc) is 2.86. The van der Waals surface area contributed by atoms with Crippen LogP contribution in [-0.4, -0.2) is 17.0 Å². The van der Waals surface area contributed by atoms with Gasteiger partial charge < -0.3 is 10.4 Å². The van der Waals surface area contributed by atoms with Gasteiger partial charge in [0.25, 0.3) is 0 Å². The van der Waals surface area contributed by atoms with Gasteiger partial charge in [-0.15, -0.1) is 0 Å². The van der Waals surface area contributed by atoms with Crippen molar-refractivity contribution in [3.05, 3.63) is 27.8 Å². The molecule has 2 N–H and O–H groups in total. The first-order chi connectivity index (χ1) is 9.52. The maximum absolute atomic E-state index is 12.4. The predicted molar refractivity (Wildman–Crippen MR) is 85.4 cm³/mol. The first-order valence-electron chi connectivity index (χ1n) is 6.81. The molecule has 1 amide bonds. The highest BCUT2D eigenvalue weighted by molar-refractivity contribution is 14.1. The number of amides is 1. The van der Waals surface area contributed by atoms with E-state index >= 15 is 0 Å². The molecule has 3 unspecified atom stereocenters. The average molecular weight is 387 g/mol. The minimum Gasteiger partial charge on any atom is -0.481 e. The summed E-state index contributed by atoms with van der Waals surface area (Å²) in [5, 5.41) is 12.2. The SMILES string of the molecule is CCC1CC(C(=O)O)C(C(=O)Nc2ccccc2I)C1. The van der Waals surface area contributed by atoms with Crippen molar-refractivity contribution in [1.82, 2.24) is 0 Å². The summed E-state index contributed by atoms with van der Waals surface area (Å²) in [5.41, 5.74) is 0.752. The predicted octanol–water partition coefficient (Wildman–Crippen LogP) is 3.37. The van der Waals surface area contributed by atoms with Crippen LogP contribution in [-0.2, 0) is 9.59 Å². The number of halogens is 1. The summed E-state index contributed by atoms with van der Waals surface area (Å²) in [6.45, 7) is 2.05. The van der Waals surface area contributed by atoms with Gasteiger partial charge in [-0.2, -0.15) is 0 Å². The Morgan fingerprint density at radius 1 is 1.30 bits per heavy atom. The first-order valence-corrected chi connectivity index (χ1v) is 7.89. The van der Waals surface area contributed by atoms with Gasteiger partial charge >= 0.3 is 5.97 Å². The van der Waals surface area contributed by atoms with Gasteiger partial charge in [-0.3, -0.25) is 9.59 Å². The molecule has 108 valence electrons. The Labute approximate surface area is 132 Å². The number of para-hydroxylation sites is 1. The summed E-state index contributed by atoms with van der Waals surface area (Å²) >= 11 is 2.16. The highest BCUT2D eigenvalue weighted by Crippen LogP contribution is 2.39. The lowest BCUT2D eigenvalue weighted by atomic mass is 9.95. The van der Waals surface area contributed by atoms with E-state index in [2.05, 4.69) is 27.9 Å². The van der Waals surface area contributed by atoms with Crippen LogP contribution in [0.5, 0.6) is 0 Å². The Hall–Kier alpha value is -1.11. The number of rotatable bonds is 4. The molecule has 4 nitrogen and oxygen atoms in total. The number of anilines is 1. The van der Waals surface area contributed by atoms with Crippen LogP contribution in [0.15, 0.2) is 24.3 Å². The van der Waals surface area contributed by atoms with Crippen molar-refractivity contribution in [1.29, 1.82) is 0 Å². The summed E-state index contributed by atoms with van der Waals surface area (Å²) in [6.07, 6.45) is 2.20. The fraction of sp³-hybridized carbons (Fsp3) is 0.467. The Kier molecular flexibility index (Phi) is 5.01. The van der Waals surface area contributed by atoms with E-state index in [0.29, 0.717) is 18.8 Å². The molecular formula is C15H18INO3. The molecule has 0 radical (unpaired) electrons. The summed E-state index contributed by atoms with van der Waals surface area (Å²) in [6, 6.07) is 7.51. The van der Waals surface area contributed by atoms with Crippen molar-refractivity contribution < 1.29 is 14.7 Å². The van der Waals surface area contributed by atoms with E-state index in [-0.39, 0.29) is 5.91 Å². The molecule has 1 aromatic rings. The van der Waals surface area contributed by atoms with Gasteiger partial charge in [0.1, 0.15) is 0 Å². The lowest BCUT2D eigenvalue weighted by Crippen LogP contribution is -2.30. The number of carbonyl (C=O) groups is 2. The van der Waals surface area contributed by atoms with Gasteiger partial charge in [0.2, 0.25) is 5.91 Å². The molecular weight excluding hydrogens is 369 g/mol. The second kappa shape index (κ2) is 6.56. The van der Waals surface area contributed by atoms with Crippen LogP contribution in [0.3, 0.4) is 0 Å². The van der Waals surface area contributed by atoms with Crippen molar-refractivity contribution in [3.63, 3.8) is 0 Å². The molecule has 1 aliphatic carbocycles. The third kappa shape index (κ3) is 3.31. The van der Waals surface area contributed by atoms with Crippen LogP contribution in [0, 0.1) is 21.3 Å². The molecule has 0 heterocycles. The maximum atomic E-state index is 12.4. The zero-order valence-corrected chi connectivity index (χ0v) is 13.5. The fourth-order valence-electron chi connectivity index (χ4n) is 2.83. The van der Waals surface area contributed by atoms with Gasteiger partial charge in [0, 0.05) is 3.57 Å². The van der Waals surface area contributed by atoms with Gasteiger partial charge in [0.15, 0.2) is 0 Å². The van der Waals surface area contributed by atoms with E-state index in [1.165, 1.54) is 0 Å². The van der Waals surface area contributed by atoms with Crippen molar-refractivity contribution in [2.24, 2.45) is 17.8 Å². The van der Waals surface area contributed by atoms with Gasteiger partial charge in [-0.05, 0) is 53.5 Å². The van der Waals surface area contributed by atoms with E-state index in [4.69, 9.17) is 0 Å². The second-order valence-electron chi connectivity index (χ2n) is 5.27. The molecule has 0 saturated heterocycles. The normalized spacial score (nSPS) is 25.4. The second-order valence-corrected chi connectivity index (χ2v) is 6.43. The van der Waals surface area contributed by atoms with E-state index in [1.54, 1.807) is 0 Å². The number of hydrogen-bond acceptors (Lipinski definition) is 2. The molecule has 0 spiro atoms. The molecule has 1 saturated carbocycles. The lowest BCUT2D eigenvalue weighted by molar-refractivity contribution is -0.145. The van der Waals surface area contributed by atoms with Gasteiger partial charge in [-0.25, -0.2) is 0 Å². The van der Waals surface area contributed by atoms with Crippen LogP contribution >= 0.6 is 22.6 Å². The maximum Gasteiger partial charge on any atom is 0.307 e. The molecule has 0 aromatic heterocycles. The van der Waals surface area contributed by atoms with E-state index in [9.17, 15) is 14.7 Å². The number of carboxylic acids is 1. The molecule has 1 aliphatic rings. The molecule has 3 atom stereocenters. The van der Waals surface area contributed by atoms with E-state index < -0.39 is 17.8 Å². The third-order valence-corrected chi connectivity index (χ3v) is 4.96. The zero-order chi connectivity index (χ0) is 14.7. The number of benzene rings is 1. The Morgan fingerprint density at radius 2 is 1.95 bits per heavy atom. The topological polar surface area (TPSA) is 66.4 Å². The van der Waals surface area contributed by atoms with E-state index in [0.717, 1.165) is 15.7 Å². The van der Waals surface area contributed by atoms with Crippen molar-refractivity contribution in [2.75, 3.05) is 5.32 Å². The van der Waals surface area contributed by atoms with Crippen LogP contribution in [0.4, 0.5) is 5.69 Å². The standard InChI is InChI=1S/C15H18INO3/c1-2-9-7-10(11(8-9)15(19)20)14(18)17-13-6-4-3-5-12(13)16/h3-6,9-11H,2,7-8H2,1H3,(H,17,18)(H,19,20). The monoisotopic (exact) mass is 387 g/mol. The summed E-state index contributed by atoms with van der Waals surface area (Å²) in [4.78, 5) is 23.7. The largest absolute Gasteiger partial charge is 0.481 e. The van der Waals surface area contributed by atoms with Crippen molar-refractivity contribution in [3.8, 4) is 0 Å². The molecule has 5 heteroatoms. The van der Waals surface area contributed by atoms with Crippen LogP contribution in [0.2, 0.25) is 0 Å². The minimum absolute atomic E-state index is 0.169. The molecule has 1 fully saturated rings. The zero-order valence-electron chi connectivity index (χ0n) is 11.3. The third-order valence-electron chi connectivity index (χ3n) is 4.02. The molecule has 2 rings (SSSR count). The van der Waals surface area contributed by atoms with Crippen LogP contribution < -0.4 is 5.32 Å². The van der Waals surface area contributed by atoms with Gasteiger partial charge in [0.05, 0.1) is 17.5 Å². The van der Waals surface area contributed by atoms with Crippen molar-refractivity contribution >= 4 is 40.2 Å². The van der Waals surface area contributed by atoms with Gasteiger partial charge in [-0.1, -0.05) is 25.5 Å². The Morgan fingerprint density at radius 3 is 2.55 bits per heavy atom. The van der Waals surface area contributed by atoms with E-state index in [1.807, 2.05) is 31.2 Å². The highest BCUT2D eigenvalue weighted by Gasteiger charge is 2.42.